The number of carboxylic acids is 1. The fourth-order valence-corrected chi connectivity index (χ4v) is 4.49. The average molecular weight is 480 g/mol. The number of hydrogen-bond donors (Lipinski definition) is 1. The number of aliphatic carboxylic acids is 1. The highest BCUT2D eigenvalue weighted by atomic mass is 19.4. The van der Waals surface area contributed by atoms with E-state index in [1.54, 1.807) is 0 Å². The molecule has 0 amide bonds. The van der Waals surface area contributed by atoms with Crippen LogP contribution in [0, 0.1) is 16.7 Å². The maximum Gasteiger partial charge on any atom is 0.490 e. The van der Waals surface area contributed by atoms with Crippen LogP contribution in [0.25, 0.3) is 0 Å². The lowest BCUT2D eigenvalue weighted by molar-refractivity contribution is -0.192. The molecule has 34 heavy (non-hydrogen) atoms. The molecule has 1 N–H and O–H groups in total. The zero-order valence-electron chi connectivity index (χ0n) is 19.0. The van der Waals surface area contributed by atoms with Gasteiger partial charge < -0.3 is 14.7 Å². The van der Waals surface area contributed by atoms with Gasteiger partial charge in [0, 0.05) is 56.1 Å². The first-order chi connectivity index (χ1) is 16.1. The number of likely N-dealkylation sites (tertiary alicyclic amines) is 1. The van der Waals surface area contributed by atoms with Crippen molar-refractivity contribution in [2.24, 2.45) is 12.5 Å². The summed E-state index contributed by atoms with van der Waals surface area (Å²) in [5.74, 6) is -2.76. The summed E-state index contributed by atoms with van der Waals surface area (Å²) in [7, 11) is 1.97. The molecule has 0 bridgehead atoms. The van der Waals surface area contributed by atoms with Gasteiger partial charge in [-0.1, -0.05) is 6.07 Å². The fourth-order valence-electron chi connectivity index (χ4n) is 4.49. The first kappa shape index (κ1) is 25.5. The second-order valence-electron chi connectivity index (χ2n) is 8.78. The van der Waals surface area contributed by atoms with E-state index < -0.39 is 12.1 Å². The highest BCUT2D eigenvalue weighted by molar-refractivity contribution is 5.73. The second-order valence-corrected chi connectivity index (χ2v) is 8.78. The van der Waals surface area contributed by atoms with Crippen molar-refractivity contribution in [2.75, 3.05) is 44.3 Å². The van der Waals surface area contributed by atoms with Gasteiger partial charge in [-0.25, -0.2) is 4.79 Å². The Morgan fingerprint density at radius 3 is 2.74 bits per heavy atom. The molecule has 2 aliphatic rings. The number of piperidine rings is 1. The Hall–Kier alpha value is -3.10. The van der Waals surface area contributed by atoms with E-state index in [0.29, 0.717) is 5.56 Å². The van der Waals surface area contributed by atoms with E-state index in [1.165, 1.54) is 18.4 Å². The summed E-state index contributed by atoms with van der Waals surface area (Å²) < 4.78 is 39.7. The zero-order valence-corrected chi connectivity index (χ0v) is 19.0. The molecule has 0 aliphatic carbocycles. The van der Waals surface area contributed by atoms with Crippen molar-refractivity contribution in [3.63, 3.8) is 0 Å². The van der Waals surface area contributed by atoms with Crippen molar-refractivity contribution in [3.8, 4) is 6.07 Å². The lowest BCUT2D eigenvalue weighted by Gasteiger charge is -2.44. The summed E-state index contributed by atoms with van der Waals surface area (Å²) in [6.45, 7) is 6.51. The first-order valence-electron chi connectivity index (χ1n) is 10.9. The number of alkyl halides is 3. The van der Waals surface area contributed by atoms with E-state index in [9.17, 15) is 18.4 Å². The number of halogens is 3. The van der Waals surface area contributed by atoms with Gasteiger partial charge in [0.2, 0.25) is 0 Å². The first-order valence-corrected chi connectivity index (χ1v) is 10.9. The molecule has 0 radical (unpaired) electrons. The lowest BCUT2D eigenvalue weighted by atomic mass is 9.80. The molecule has 0 saturated carbocycles. The number of anilines is 1. The Balaban J connectivity index is 0.000000406. The summed E-state index contributed by atoms with van der Waals surface area (Å²) in [5, 5.41) is 20.7. The Kier molecular flexibility index (Phi) is 8.17. The molecule has 1 atom stereocenters. The van der Waals surface area contributed by atoms with Crippen LogP contribution in [-0.4, -0.2) is 71.3 Å². The summed E-state index contributed by atoms with van der Waals surface area (Å²) in [6, 6.07) is 10.2. The van der Waals surface area contributed by atoms with Crippen molar-refractivity contribution >= 4 is 11.7 Å². The summed E-state index contributed by atoms with van der Waals surface area (Å²) in [5.41, 5.74) is 3.25. The maximum atomic E-state index is 10.6. The van der Waals surface area contributed by atoms with Crippen molar-refractivity contribution < 1.29 is 27.8 Å². The number of carboxylic acid groups (broad SMARTS) is 1. The Morgan fingerprint density at radius 1 is 1.32 bits per heavy atom. The van der Waals surface area contributed by atoms with E-state index in [1.807, 2.05) is 36.1 Å². The van der Waals surface area contributed by atoms with Gasteiger partial charge in [0.1, 0.15) is 0 Å². The molecule has 1 aromatic carbocycles. The van der Waals surface area contributed by atoms with E-state index in [2.05, 4.69) is 33.2 Å². The molecule has 11 heteroatoms. The van der Waals surface area contributed by atoms with Crippen LogP contribution >= 0.6 is 0 Å². The smallest absolute Gasteiger partial charge is 0.475 e. The highest BCUT2D eigenvalue weighted by Gasteiger charge is 2.39. The van der Waals surface area contributed by atoms with Crippen LogP contribution in [0.15, 0.2) is 36.7 Å². The van der Waals surface area contributed by atoms with Crippen molar-refractivity contribution in [2.45, 2.75) is 25.6 Å². The second kappa shape index (κ2) is 10.9. The molecule has 4 rings (SSSR count). The molecule has 1 spiro atoms. The van der Waals surface area contributed by atoms with Crippen LogP contribution in [-0.2, 0) is 23.1 Å². The summed E-state index contributed by atoms with van der Waals surface area (Å²) >= 11 is 0. The molecule has 1 aromatic heterocycles. The van der Waals surface area contributed by atoms with Crippen LogP contribution in [0.4, 0.5) is 18.9 Å². The Bertz CT molecular complexity index is 1020. The number of aryl methyl sites for hydroxylation is 1. The zero-order chi connectivity index (χ0) is 24.8. The minimum absolute atomic E-state index is 0.138. The summed E-state index contributed by atoms with van der Waals surface area (Å²) in [6.07, 6.45) is 1.36. The number of nitrogens with zero attached hydrogens (tertiary/aromatic N) is 5. The molecule has 8 nitrogen and oxygen atoms in total. The van der Waals surface area contributed by atoms with Crippen molar-refractivity contribution in [1.29, 1.82) is 5.26 Å². The highest BCUT2D eigenvalue weighted by Crippen LogP contribution is 2.35. The number of benzene rings is 1. The number of rotatable bonds is 3. The minimum Gasteiger partial charge on any atom is -0.475 e. The van der Waals surface area contributed by atoms with Gasteiger partial charge >= 0.3 is 12.1 Å². The van der Waals surface area contributed by atoms with Crippen molar-refractivity contribution in [1.82, 2.24) is 14.7 Å². The molecular formula is C23H28F3N5O3. The molecule has 1 unspecified atom stereocenters. The van der Waals surface area contributed by atoms with E-state index in [0.717, 1.165) is 51.6 Å². The normalized spacial score (nSPS) is 21.3. The topological polar surface area (TPSA) is 94.6 Å². The Labute approximate surface area is 196 Å². The maximum absolute atomic E-state index is 10.6. The largest absolute Gasteiger partial charge is 0.490 e. The monoisotopic (exact) mass is 479 g/mol. The molecular weight excluding hydrogens is 451 g/mol. The molecule has 2 aliphatic heterocycles. The van der Waals surface area contributed by atoms with Gasteiger partial charge in [-0.05, 0) is 37.6 Å². The van der Waals surface area contributed by atoms with Gasteiger partial charge in [-0.2, -0.15) is 23.5 Å². The lowest BCUT2D eigenvalue weighted by Crippen LogP contribution is -2.50. The number of nitriles is 1. The van der Waals surface area contributed by atoms with Crippen molar-refractivity contribution in [3.05, 3.63) is 47.8 Å². The number of carbonyl (C=O) groups is 1. The standard InChI is InChI=1S/C21H27N5O.C2HF3O2/c1-24-13-19(12-23-24)14-25-7-3-6-21(15-25)16-26(8-9-27-17-21)20-5-2-4-18(10-20)11-22;3-2(4,5)1(6)7/h2,4-5,10,12-13H,3,6-9,14-17H2,1H3;(H,6,7). The van der Waals surface area contributed by atoms with Crippen LogP contribution in [0.3, 0.4) is 0 Å². The SMILES string of the molecule is Cn1cc(CN2CCCC3(COCCN(c4cccc(C#N)c4)C3)C2)cn1.O=C(O)C(F)(F)F. The van der Waals surface area contributed by atoms with Gasteiger partial charge in [0.05, 0.1) is 31.0 Å². The Morgan fingerprint density at radius 2 is 2.09 bits per heavy atom. The van der Waals surface area contributed by atoms with Gasteiger partial charge in [0.25, 0.3) is 0 Å². The minimum atomic E-state index is -5.08. The van der Waals surface area contributed by atoms with Crippen LogP contribution in [0.1, 0.15) is 24.0 Å². The van der Waals surface area contributed by atoms with Crippen LogP contribution in [0.2, 0.25) is 0 Å². The van der Waals surface area contributed by atoms with E-state index in [4.69, 9.17) is 14.6 Å². The summed E-state index contributed by atoms with van der Waals surface area (Å²) in [4.78, 5) is 13.8. The quantitative estimate of drug-likeness (QED) is 0.723. The third-order valence-electron chi connectivity index (χ3n) is 5.93. The van der Waals surface area contributed by atoms with Gasteiger partial charge in [0.15, 0.2) is 0 Å². The van der Waals surface area contributed by atoms with Crippen LogP contribution < -0.4 is 4.90 Å². The molecule has 2 fully saturated rings. The molecule has 2 aromatic rings. The predicted octanol–water partition coefficient (Wildman–Crippen LogP) is 3.04. The van der Waals surface area contributed by atoms with Gasteiger partial charge in [-0.3, -0.25) is 9.58 Å². The van der Waals surface area contributed by atoms with Crippen LogP contribution in [0.5, 0.6) is 0 Å². The predicted molar refractivity (Wildman–Crippen MR) is 118 cm³/mol. The third-order valence-corrected chi connectivity index (χ3v) is 5.93. The van der Waals surface area contributed by atoms with Gasteiger partial charge in [-0.15, -0.1) is 0 Å². The average Bonchev–Trinajstić information content (AvgIpc) is 3.09. The fraction of sp³-hybridized carbons (Fsp3) is 0.522. The number of aromatic nitrogens is 2. The molecule has 3 heterocycles. The molecule has 2 saturated heterocycles. The molecule has 184 valence electrons. The number of ether oxygens (including phenoxy) is 1. The number of hydrogen-bond acceptors (Lipinski definition) is 6. The van der Waals surface area contributed by atoms with E-state index in [-0.39, 0.29) is 5.41 Å². The third kappa shape index (κ3) is 6.95. The van der Waals surface area contributed by atoms with E-state index >= 15 is 0 Å².